The fraction of sp³-hybridized carbons (Fsp3) is 0.667. The average Bonchev–Trinajstić information content (AvgIpc) is 2.75. The quantitative estimate of drug-likeness (QED) is 0.573. The molecule has 18 heavy (non-hydrogen) atoms. The third kappa shape index (κ3) is 5.10. The number of carbonyl (C=O) groups excluding carboxylic acids is 1. The van der Waals surface area contributed by atoms with Crippen LogP contribution in [0.15, 0.2) is 17.3 Å². The van der Waals surface area contributed by atoms with Crippen LogP contribution in [-0.2, 0) is 16.6 Å². The highest BCUT2D eigenvalue weighted by atomic mass is 32.2. The van der Waals surface area contributed by atoms with E-state index in [1.54, 1.807) is 22.6 Å². The summed E-state index contributed by atoms with van der Waals surface area (Å²) in [6.45, 7) is 5.13. The summed E-state index contributed by atoms with van der Waals surface area (Å²) in [5.41, 5.74) is 0. The predicted molar refractivity (Wildman–Crippen MR) is 72.6 cm³/mol. The molecule has 1 heterocycles. The number of hydrogen-bond acceptors (Lipinski definition) is 5. The zero-order chi connectivity index (χ0) is 13.4. The first-order valence-corrected chi connectivity index (χ1v) is 7.17. The first-order valence-electron chi connectivity index (χ1n) is 6.18. The lowest BCUT2D eigenvalue weighted by Crippen LogP contribution is -2.40. The molecule has 0 aromatic carbocycles. The molecule has 5 nitrogen and oxygen atoms in total. The highest BCUT2D eigenvalue weighted by molar-refractivity contribution is 7.99. The van der Waals surface area contributed by atoms with E-state index in [0.717, 1.165) is 17.9 Å². The average molecular weight is 271 g/mol. The van der Waals surface area contributed by atoms with Crippen LogP contribution >= 0.6 is 11.8 Å². The van der Waals surface area contributed by atoms with Crippen LogP contribution in [0.25, 0.3) is 0 Å². The van der Waals surface area contributed by atoms with Crippen molar-refractivity contribution in [3.05, 3.63) is 12.4 Å². The number of aromatic nitrogens is 2. The number of aryl methyl sites for hydroxylation is 1. The van der Waals surface area contributed by atoms with Gasteiger partial charge in [-0.3, -0.25) is 9.48 Å². The lowest BCUT2D eigenvalue weighted by atomic mass is 10.3. The Hall–Kier alpha value is -1.01. The SMILES string of the molecule is CCCNC(CSc1cnn(C)c1)C(=O)OCC. The summed E-state index contributed by atoms with van der Waals surface area (Å²) in [5.74, 6) is 0.479. The molecule has 0 saturated heterocycles. The summed E-state index contributed by atoms with van der Waals surface area (Å²) < 4.78 is 6.81. The minimum Gasteiger partial charge on any atom is -0.465 e. The predicted octanol–water partition coefficient (Wildman–Crippen LogP) is 1.44. The second-order valence-electron chi connectivity index (χ2n) is 3.92. The minimum atomic E-state index is -0.255. The van der Waals surface area contributed by atoms with Gasteiger partial charge in [-0.15, -0.1) is 11.8 Å². The number of esters is 1. The van der Waals surface area contributed by atoms with Crippen molar-refractivity contribution in [2.45, 2.75) is 31.2 Å². The smallest absolute Gasteiger partial charge is 0.323 e. The third-order valence-corrected chi connectivity index (χ3v) is 3.35. The van der Waals surface area contributed by atoms with Gasteiger partial charge in [0.25, 0.3) is 0 Å². The molecule has 0 bridgehead atoms. The molecule has 0 amide bonds. The molecule has 0 spiro atoms. The summed E-state index contributed by atoms with van der Waals surface area (Å²) in [7, 11) is 1.88. The Morgan fingerprint density at radius 2 is 2.39 bits per heavy atom. The Morgan fingerprint density at radius 1 is 1.61 bits per heavy atom. The van der Waals surface area contributed by atoms with E-state index in [2.05, 4.69) is 17.3 Å². The number of nitrogens with one attached hydrogen (secondary N) is 1. The number of carbonyl (C=O) groups is 1. The summed E-state index contributed by atoms with van der Waals surface area (Å²) in [5, 5.41) is 7.31. The fourth-order valence-corrected chi connectivity index (χ4v) is 2.39. The molecule has 6 heteroatoms. The topological polar surface area (TPSA) is 56.2 Å². The lowest BCUT2D eigenvalue weighted by molar-refractivity contribution is -0.144. The van der Waals surface area contributed by atoms with Gasteiger partial charge in [-0.1, -0.05) is 6.92 Å². The van der Waals surface area contributed by atoms with Gasteiger partial charge in [-0.05, 0) is 19.9 Å². The number of nitrogens with zero attached hydrogens (tertiary/aromatic N) is 2. The van der Waals surface area contributed by atoms with Crippen LogP contribution < -0.4 is 5.32 Å². The molecule has 1 aromatic rings. The van der Waals surface area contributed by atoms with Crippen molar-refractivity contribution in [1.82, 2.24) is 15.1 Å². The van der Waals surface area contributed by atoms with E-state index in [1.807, 2.05) is 20.2 Å². The van der Waals surface area contributed by atoms with Crippen LogP contribution in [0.2, 0.25) is 0 Å². The van der Waals surface area contributed by atoms with E-state index >= 15 is 0 Å². The third-order valence-electron chi connectivity index (χ3n) is 2.31. The van der Waals surface area contributed by atoms with Gasteiger partial charge in [0.2, 0.25) is 0 Å². The summed E-state index contributed by atoms with van der Waals surface area (Å²) in [4.78, 5) is 12.8. The van der Waals surface area contributed by atoms with Crippen molar-refractivity contribution in [3.63, 3.8) is 0 Å². The molecule has 1 N–H and O–H groups in total. The van der Waals surface area contributed by atoms with Gasteiger partial charge in [-0.25, -0.2) is 0 Å². The maximum absolute atomic E-state index is 11.8. The zero-order valence-electron chi connectivity index (χ0n) is 11.2. The van der Waals surface area contributed by atoms with Crippen LogP contribution in [0.1, 0.15) is 20.3 Å². The summed E-state index contributed by atoms with van der Waals surface area (Å²) in [6.07, 6.45) is 4.73. The minimum absolute atomic E-state index is 0.178. The molecule has 1 aromatic heterocycles. The van der Waals surface area contributed by atoms with E-state index in [9.17, 15) is 4.79 Å². The monoisotopic (exact) mass is 271 g/mol. The van der Waals surface area contributed by atoms with Crippen molar-refractivity contribution in [2.24, 2.45) is 7.05 Å². The number of hydrogen-bond donors (Lipinski definition) is 1. The standard InChI is InChI=1S/C12H21N3O2S/c1-4-6-13-11(12(16)17-5-2)9-18-10-7-14-15(3)8-10/h7-8,11,13H,4-6,9H2,1-3H3. The molecule has 0 aliphatic heterocycles. The van der Waals surface area contributed by atoms with Gasteiger partial charge >= 0.3 is 5.97 Å². The molecule has 0 aliphatic rings. The first kappa shape index (κ1) is 15.0. The van der Waals surface area contributed by atoms with Gasteiger partial charge in [0, 0.05) is 23.9 Å². The lowest BCUT2D eigenvalue weighted by Gasteiger charge is -2.15. The molecule has 102 valence electrons. The molecular weight excluding hydrogens is 250 g/mol. The Kier molecular flexibility index (Phi) is 6.82. The first-order chi connectivity index (χ1) is 8.67. The zero-order valence-corrected chi connectivity index (χ0v) is 12.0. The normalized spacial score (nSPS) is 12.4. The Labute approximate surface area is 112 Å². The fourth-order valence-electron chi connectivity index (χ4n) is 1.42. The summed E-state index contributed by atoms with van der Waals surface area (Å²) >= 11 is 1.61. The van der Waals surface area contributed by atoms with Gasteiger partial charge < -0.3 is 10.1 Å². The van der Waals surface area contributed by atoms with Crippen LogP contribution in [0.4, 0.5) is 0 Å². The van der Waals surface area contributed by atoms with E-state index < -0.39 is 0 Å². The van der Waals surface area contributed by atoms with Crippen molar-refractivity contribution in [2.75, 3.05) is 18.9 Å². The van der Waals surface area contributed by atoms with E-state index in [0.29, 0.717) is 12.4 Å². The van der Waals surface area contributed by atoms with Crippen molar-refractivity contribution >= 4 is 17.7 Å². The summed E-state index contributed by atoms with van der Waals surface area (Å²) in [6, 6.07) is -0.255. The van der Waals surface area contributed by atoms with Crippen LogP contribution in [0.5, 0.6) is 0 Å². The van der Waals surface area contributed by atoms with Crippen LogP contribution in [0.3, 0.4) is 0 Å². The van der Waals surface area contributed by atoms with Crippen molar-refractivity contribution in [3.8, 4) is 0 Å². The Bertz CT molecular complexity index is 368. The number of rotatable bonds is 8. The largest absolute Gasteiger partial charge is 0.465 e. The highest BCUT2D eigenvalue weighted by Crippen LogP contribution is 2.17. The van der Waals surface area contributed by atoms with Crippen molar-refractivity contribution in [1.29, 1.82) is 0 Å². The van der Waals surface area contributed by atoms with Crippen LogP contribution in [-0.4, -0.2) is 40.7 Å². The highest BCUT2D eigenvalue weighted by Gasteiger charge is 2.19. The second-order valence-corrected chi connectivity index (χ2v) is 5.01. The number of thioether (sulfide) groups is 1. The Morgan fingerprint density at radius 3 is 2.94 bits per heavy atom. The molecule has 0 aliphatic carbocycles. The van der Waals surface area contributed by atoms with Gasteiger partial charge in [0.1, 0.15) is 6.04 Å². The molecular formula is C12H21N3O2S. The molecule has 0 radical (unpaired) electrons. The van der Waals surface area contributed by atoms with Crippen molar-refractivity contribution < 1.29 is 9.53 Å². The maximum atomic E-state index is 11.8. The maximum Gasteiger partial charge on any atom is 0.323 e. The van der Waals surface area contributed by atoms with E-state index in [1.165, 1.54) is 0 Å². The molecule has 0 fully saturated rings. The molecule has 0 saturated carbocycles. The van der Waals surface area contributed by atoms with Gasteiger partial charge in [0.05, 0.1) is 12.8 Å². The molecule has 1 rings (SSSR count). The van der Waals surface area contributed by atoms with Gasteiger partial charge in [-0.2, -0.15) is 5.10 Å². The second kappa shape index (κ2) is 8.16. The molecule has 1 atom stereocenters. The van der Waals surface area contributed by atoms with Gasteiger partial charge in [0.15, 0.2) is 0 Å². The Balaban J connectivity index is 2.46. The molecule has 1 unspecified atom stereocenters. The van der Waals surface area contributed by atoms with Crippen LogP contribution in [0, 0.1) is 0 Å². The van der Waals surface area contributed by atoms with E-state index in [4.69, 9.17) is 4.74 Å². The number of ether oxygens (including phenoxy) is 1. The van der Waals surface area contributed by atoms with E-state index in [-0.39, 0.29) is 12.0 Å².